The predicted octanol–water partition coefficient (Wildman–Crippen LogP) is -2.56. The van der Waals surface area contributed by atoms with Crippen molar-refractivity contribution in [2.24, 2.45) is 0 Å². The smallest absolute Gasteiger partial charge is 0.225 e. The summed E-state index contributed by atoms with van der Waals surface area (Å²) in [6.07, 6.45) is 0. The molecule has 0 amide bonds. The summed E-state index contributed by atoms with van der Waals surface area (Å²) >= 11 is 0. The van der Waals surface area contributed by atoms with Gasteiger partial charge in [-0.25, -0.2) is 10.8 Å². The number of hydrogen-bond donors (Lipinski definition) is 0. The summed E-state index contributed by atoms with van der Waals surface area (Å²) in [5.74, 6) is 0. The van der Waals surface area contributed by atoms with Crippen LogP contribution in [0, 0.1) is 0 Å². The van der Waals surface area contributed by atoms with E-state index in [9.17, 15) is 0 Å². The van der Waals surface area contributed by atoms with Gasteiger partial charge in [0.25, 0.3) is 0 Å². The zero-order valence-electron chi connectivity index (χ0n) is 8.62. The SMILES string of the molecule is [Li+].[Li+].c1cc2ccc3cc[cH-]c3c2[cH-]1. The molecule has 0 aliphatic rings. The van der Waals surface area contributed by atoms with Gasteiger partial charge in [-0.1, -0.05) is 0 Å². The van der Waals surface area contributed by atoms with Gasteiger partial charge in [0.05, 0.1) is 0 Å². The van der Waals surface area contributed by atoms with Crippen molar-refractivity contribution in [2.45, 2.75) is 0 Å². The van der Waals surface area contributed by atoms with E-state index in [-0.39, 0.29) is 37.7 Å². The first-order chi connectivity index (χ1) is 5.95. The Kier molecular flexibility index (Phi) is 3.71. The predicted molar refractivity (Wildman–Crippen MR) is 52.6 cm³/mol. The van der Waals surface area contributed by atoms with E-state index < -0.39 is 0 Å². The van der Waals surface area contributed by atoms with Crippen molar-refractivity contribution in [3.8, 4) is 0 Å². The van der Waals surface area contributed by atoms with Gasteiger partial charge in [0.1, 0.15) is 0 Å². The van der Waals surface area contributed by atoms with E-state index in [0.29, 0.717) is 0 Å². The Morgan fingerprint density at radius 3 is 1.50 bits per heavy atom. The maximum Gasteiger partial charge on any atom is 1.00 e. The molecule has 3 aromatic carbocycles. The molecule has 0 radical (unpaired) electrons. The average Bonchev–Trinajstić information content (AvgIpc) is 2.71. The second-order valence-corrected chi connectivity index (χ2v) is 3.12. The van der Waals surface area contributed by atoms with Gasteiger partial charge in [-0.05, 0) is 0 Å². The molecule has 0 saturated heterocycles. The van der Waals surface area contributed by atoms with Crippen LogP contribution in [0.1, 0.15) is 0 Å². The van der Waals surface area contributed by atoms with Gasteiger partial charge < -0.3 is 0 Å². The molecule has 0 spiro atoms. The minimum Gasteiger partial charge on any atom is -0.225 e. The Morgan fingerprint density at radius 2 is 1.07 bits per heavy atom. The topological polar surface area (TPSA) is 0 Å². The van der Waals surface area contributed by atoms with E-state index in [0.717, 1.165) is 0 Å². The molecule has 0 heterocycles. The van der Waals surface area contributed by atoms with Crippen LogP contribution in [0.3, 0.4) is 0 Å². The fourth-order valence-corrected chi connectivity index (χ4v) is 1.83. The summed E-state index contributed by atoms with van der Waals surface area (Å²) in [6.45, 7) is 0. The summed E-state index contributed by atoms with van der Waals surface area (Å²) in [6, 6.07) is 17.2. The monoisotopic (exact) mass is 166 g/mol. The van der Waals surface area contributed by atoms with Gasteiger partial charge in [-0.15, -0.1) is 12.1 Å². The van der Waals surface area contributed by atoms with Gasteiger partial charge >= 0.3 is 37.7 Å². The number of hydrogen-bond acceptors (Lipinski definition) is 0. The summed E-state index contributed by atoms with van der Waals surface area (Å²) in [5.41, 5.74) is 0. The van der Waals surface area contributed by atoms with Crippen molar-refractivity contribution in [1.82, 2.24) is 0 Å². The summed E-state index contributed by atoms with van der Waals surface area (Å²) in [4.78, 5) is 0. The molecule has 0 unspecified atom stereocenters. The molecule has 3 aromatic rings. The summed E-state index contributed by atoms with van der Waals surface area (Å²) in [7, 11) is 0. The third-order valence-corrected chi connectivity index (χ3v) is 2.43. The Hall–Kier alpha value is -0.365. The number of fused-ring (bicyclic) bond motifs is 3. The molecule has 0 aromatic heterocycles. The largest absolute Gasteiger partial charge is 1.00 e. The molecule has 2 heteroatoms. The molecule has 0 fully saturated rings. The van der Waals surface area contributed by atoms with Crippen LogP contribution in [0.2, 0.25) is 0 Å². The second kappa shape index (κ2) is 4.44. The normalized spacial score (nSPS) is 9.71. The van der Waals surface area contributed by atoms with Crippen molar-refractivity contribution in [3.63, 3.8) is 0 Å². The van der Waals surface area contributed by atoms with Crippen LogP contribution < -0.4 is 37.7 Å². The first-order valence-corrected chi connectivity index (χ1v) is 4.15. The third kappa shape index (κ3) is 1.60. The second-order valence-electron chi connectivity index (χ2n) is 3.12. The van der Waals surface area contributed by atoms with Crippen LogP contribution in [0.4, 0.5) is 0 Å². The van der Waals surface area contributed by atoms with E-state index >= 15 is 0 Å². The van der Waals surface area contributed by atoms with Crippen molar-refractivity contribution in [2.75, 3.05) is 0 Å². The van der Waals surface area contributed by atoms with E-state index in [1.54, 1.807) is 0 Å². The van der Waals surface area contributed by atoms with Crippen LogP contribution in [0.25, 0.3) is 21.5 Å². The zero-order valence-corrected chi connectivity index (χ0v) is 8.62. The standard InChI is InChI=1S/C12H8.2Li/c1-3-9-7-8-10-4-2-6-12(10)11(9)5-1;;/h1-8H;;/q-2;2*+1. The van der Waals surface area contributed by atoms with Gasteiger partial charge in [-0.2, -0.15) is 47.2 Å². The van der Waals surface area contributed by atoms with Crippen LogP contribution >= 0.6 is 0 Å². The number of rotatable bonds is 0. The molecular weight excluding hydrogens is 158 g/mol. The van der Waals surface area contributed by atoms with Crippen LogP contribution in [-0.2, 0) is 0 Å². The third-order valence-electron chi connectivity index (χ3n) is 2.43. The van der Waals surface area contributed by atoms with Gasteiger partial charge in [0.2, 0.25) is 0 Å². The molecule has 0 N–H and O–H groups in total. The molecule has 0 bridgehead atoms. The first kappa shape index (κ1) is 11.7. The maximum absolute atomic E-state index is 2.18. The molecule has 0 aliphatic carbocycles. The van der Waals surface area contributed by atoms with Crippen LogP contribution in [0.5, 0.6) is 0 Å². The van der Waals surface area contributed by atoms with Gasteiger partial charge in [0.15, 0.2) is 0 Å². The molecule has 0 atom stereocenters. The minimum absolute atomic E-state index is 0. The summed E-state index contributed by atoms with van der Waals surface area (Å²) < 4.78 is 0. The Morgan fingerprint density at radius 1 is 0.643 bits per heavy atom. The molecule has 3 rings (SSSR count). The molecule has 0 nitrogen and oxygen atoms in total. The first-order valence-electron chi connectivity index (χ1n) is 4.15. The Balaban J connectivity index is 0.000000490. The van der Waals surface area contributed by atoms with Gasteiger partial charge in [0, 0.05) is 0 Å². The summed E-state index contributed by atoms with van der Waals surface area (Å²) in [5, 5.41) is 5.43. The molecular formula is C12H8Li2. The fourth-order valence-electron chi connectivity index (χ4n) is 1.83. The van der Waals surface area contributed by atoms with Gasteiger partial charge in [-0.3, -0.25) is 0 Å². The van der Waals surface area contributed by atoms with E-state index in [2.05, 4.69) is 48.5 Å². The quantitative estimate of drug-likeness (QED) is 0.254. The zero-order chi connectivity index (χ0) is 7.97. The fraction of sp³-hybridized carbons (Fsp3) is 0. The van der Waals surface area contributed by atoms with Crippen molar-refractivity contribution >= 4 is 21.5 Å². The van der Waals surface area contributed by atoms with Crippen LogP contribution in [0.15, 0.2) is 48.5 Å². The van der Waals surface area contributed by atoms with Crippen molar-refractivity contribution in [1.29, 1.82) is 0 Å². The molecule has 58 valence electrons. The number of benzene rings is 1. The van der Waals surface area contributed by atoms with E-state index in [4.69, 9.17) is 0 Å². The van der Waals surface area contributed by atoms with E-state index in [1.165, 1.54) is 21.5 Å². The Labute approximate surface area is 107 Å². The van der Waals surface area contributed by atoms with Crippen molar-refractivity contribution in [3.05, 3.63) is 48.5 Å². The molecule has 14 heavy (non-hydrogen) atoms. The maximum atomic E-state index is 2.18. The van der Waals surface area contributed by atoms with E-state index in [1.807, 2.05) is 0 Å². The molecule has 0 aliphatic heterocycles. The van der Waals surface area contributed by atoms with Crippen molar-refractivity contribution < 1.29 is 37.7 Å². The molecule has 0 saturated carbocycles. The van der Waals surface area contributed by atoms with Crippen LogP contribution in [-0.4, -0.2) is 0 Å². The minimum atomic E-state index is 0. The Bertz CT molecular complexity index is 481. The average molecular weight is 166 g/mol.